The highest BCUT2D eigenvalue weighted by Gasteiger charge is 2.29. The van der Waals surface area contributed by atoms with E-state index in [0.29, 0.717) is 5.69 Å². The number of rotatable bonds is 1. The fraction of sp³-hybridized carbons (Fsp3) is 0.273. The molecule has 0 aliphatic carbocycles. The molecule has 0 bridgehead atoms. The lowest BCUT2D eigenvalue weighted by Crippen LogP contribution is -2.31. The van der Waals surface area contributed by atoms with Crippen LogP contribution in [0.5, 0.6) is 0 Å². The van der Waals surface area contributed by atoms with Crippen LogP contribution in [0.4, 0.5) is 21.7 Å². The first kappa shape index (κ1) is 11.9. The summed E-state index contributed by atoms with van der Waals surface area (Å²) in [6.45, 7) is 0.779. The number of aromatic amines is 1. The van der Waals surface area contributed by atoms with Gasteiger partial charge in [-0.1, -0.05) is 9.77 Å². The van der Waals surface area contributed by atoms with Gasteiger partial charge < -0.3 is 17.3 Å². The first-order chi connectivity index (χ1) is 10.2. The molecule has 1 aliphatic heterocycles. The Kier molecular flexibility index (Phi) is 3.32. The van der Waals surface area contributed by atoms with E-state index in [0.717, 1.165) is 25.2 Å². The third-order valence-corrected chi connectivity index (χ3v) is 2.60. The smallest absolute Gasteiger partial charge is 0.418 e. The fourth-order valence-electron chi connectivity index (χ4n) is 1.82. The van der Waals surface area contributed by atoms with Crippen LogP contribution < -0.4 is 9.66 Å². The van der Waals surface area contributed by atoms with Crippen molar-refractivity contribution in [3.05, 3.63) is 42.2 Å². The molecule has 1 aliphatic rings. The van der Waals surface area contributed by atoms with Crippen molar-refractivity contribution < 1.29 is 34.1 Å². The summed E-state index contributed by atoms with van der Waals surface area (Å²) in [5.41, 5.74) is 0.633. The average Bonchev–Trinajstić information content (AvgIpc) is 2.95. The molecule has 1 aromatic heterocycles. The van der Waals surface area contributed by atoms with Crippen molar-refractivity contribution in [2.24, 2.45) is 0 Å². The Morgan fingerprint density at radius 2 is 1.85 bits per heavy atom. The van der Waals surface area contributed by atoms with E-state index in [1.54, 1.807) is 12.1 Å². The van der Waals surface area contributed by atoms with Gasteiger partial charge in [0.1, 0.15) is 17.9 Å². The molecule has 0 saturated carbocycles. The molecular formula is C11H12BF5N3+. The Balaban J connectivity index is 0.000000309. The first-order valence-electron chi connectivity index (χ1n) is 6.82. The maximum Gasteiger partial charge on any atom is 0.673 e. The first-order valence-corrected chi connectivity index (χ1v) is 5.87. The molecule has 0 unspecified atom stereocenters. The van der Waals surface area contributed by atoms with E-state index >= 15 is 0 Å². The van der Waals surface area contributed by atoms with Crippen molar-refractivity contribution in [3.63, 3.8) is 0 Å². The third kappa shape index (κ3) is 4.04. The minimum atomic E-state index is -6.00. The molecule has 3 nitrogen and oxygen atoms in total. The van der Waals surface area contributed by atoms with Crippen LogP contribution in [0.15, 0.2) is 30.6 Å². The van der Waals surface area contributed by atoms with Gasteiger partial charge in [-0.3, -0.25) is 0 Å². The van der Waals surface area contributed by atoms with Gasteiger partial charge in [0.2, 0.25) is 0 Å². The maximum atomic E-state index is 12.9. The standard InChI is InChI=1S/C11H11FN3.BF4/c12-9-3-5-10(6-4-9)15-8-14-7-1-2-11(14)13-15;2-1(3,4)5/h3-6,8H,1-2,7H2;/q+1;-1/p+1/i8D;/hD. The van der Waals surface area contributed by atoms with Crippen molar-refractivity contribution in [1.29, 1.82) is 0 Å². The molecule has 108 valence electrons. The highest BCUT2D eigenvalue weighted by molar-refractivity contribution is 6.50. The Morgan fingerprint density at radius 1 is 1.25 bits per heavy atom. The van der Waals surface area contributed by atoms with Gasteiger partial charge >= 0.3 is 20.8 Å². The van der Waals surface area contributed by atoms with Crippen LogP contribution >= 0.6 is 0 Å². The molecule has 0 spiro atoms. The normalized spacial score (nSPS) is 15.1. The van der Waals surface area contributed by atoms with E-state index < -0.39 is 7.25 Å². The largest absolute Gasteiger partial charge is 0.673 e. The molecule has 0 atom stereocenters. The van der Waals surface area contributed by atoms with Crippen LogP contribution in [0.3, 0.4) is 0 Å². The molecule has 2 aromatic rings. The number of nitrogens with one attached hydrogen (secondary N) is 1. The summed E-state index contributed by atoms with van der Waals surface area (Å²) in [5, 5.41) is 1.22. The SMILES string of the molecule is F[B-](F)(F)F.[2H]c1n(-c2ccc(F)cc2)[n+]([2H])c2[n+]1CCC2. The summed E-state index contributed by atoms with van der Waals surface area (Å²) >= 11 is 0. The number of hydrogen-bond acceptors (Lipinski definition) is 0. The summed E-state index contributed by atoms with van der Waals surface area (Å²) in [6, 6.07) is 5.83. The van der Waals surface area contributed by atoms with Crippen molar-refractivity contribution in [2.45, 2.75) is 19.4 Å². The molecule has 1 N–H and O–H groups in total. The van der Waals surface area contributed by atoms with Gasteiger partial charge in [0.25, 0.3) is 0 Å². The summed E-state index contributed by atoms with van der Waals surface area (Å²) < 4.78 is 71.1. The van der Waals surface area contributed by atoms with Crippen molar-refractivity contribution in [3.8, 4) is 5.69 Å². The molecule has 0 amide bonds. The number of halogens is 5. The van der Waals surface area contributed by atoms with Gasteiger partial charge in [-0.05, 0) is 24.3 Å². The lowest BCUT2D eigenvalue weighted by Gasteiger charge is -1.94. The molecule has 0 fully saturated rings. The molecule has 1 aromatic carbocycles. The van der Waals surface area contributed by atoms with Gasteiger partial charge in [0.15, 0.2) is 7.92 Å². The van der Waals surface area contributed by atoms with Crippen LogP contribution in [0.2, 0.25) is 1.41 Å². The minimum Gasteiger partial charge on any atom is -0.418 e. The second kappa shape index (κ2) is 5.60. The molecular weight excluding hydrogens is 280 g/mol. The molecule has 9 heteroatoms. The Hall–Kier alpha value is -1.93. The number of nitrogens with zero attached hydrogens (tertiary/aromatic N) is 2. The zero-order valence-electron chi connectivity index (χ0n) is 12.2. The van der Waals surface area contributed by atoms with Crippen LogP contribution in [0, 0.1) is 5.82 Å². The summed E-state index contributed by atoms with van der Waals surface area (Å²) in [5.74, 6) is 0.503. The lowest BCUT2D eigenvalue weighted by molar-refractivity contribution is -0.722. The Morgan fingerprint density at radius 3 is 2.40 bits per heavy atom. The lowest BCUT2D eigenvalue weighted by atomic mass is 10.3. The van der Waals surface area contributed by atoms with Crippen LogP contribution in [0.1, 0.15) is 13.6 Å². The van der Waals surface area contributed by atoms with E-state index in [4.69, 9.17) is 2.78 Å². The van der Waals surface area contributed by atoms with Crippen LogP contribution in [-0.2, 0) is 13.0 Å². The minimum absolute atomic E-state index is 0.263. The number of H-pyrrole nitrogens is 1. The number of hydrogen-bond donors (Lipinski definition) is 0. The highest BCUT2D eigenvalue weighted by Crippen LogP contribution is 2.07. The third-order valence-electron chi connectivity index (χ3n) is 2.60. The van der Waals surface area contributed by atoms with Crippen molar-refractivity contribution >= 4 is 7.25 Å². The van der Waals surface area contributed by atoms with Crippen LogP contribution in [0.25, 0.3) is 5.69 Å². The maximum absolute atomic E-state index is 12.9. The van der Waals surface area contributed by atoms with Crippen molar-refractivity contribution in [1.82, 2.24) is 4.68 Å². The predicted molar refractivity (Wildman–Crippen MR) is 61.0 cm³/mol. The molecule has 2 heterocycles. The second-order valence-electron chi connectivity index (χ2n) is 4.15. The number of fused-ring (bicyclic) bond motifs is 1. The number of benzene rings is 1. The fourth-order valence-corrected chi connectivity index (χ4v) is 1.82. The van der Waals surface area contributed by atoms with Gasteiger partial charge in [0.05, 0.1) is 0 Å². The van der Waals surface area contributed by atoms with Gasteiger partial charge in [0, 0.05) is 6.42 Å². The Labute approximate surface area is 114 Å². The zero-order chi connectivity index (χ0) is 16.5. The van der Waals surface area contributed by atoms with Crippen molar-refractivity contribution in [2.75, 3.05) is 0 Å². The zero-order valence-corrected chi connectivity index (χ0v) is 10.2. The monoisotopic (exact) mass is 294 g/mol. The van der Waals surface area contributed by atoms with E-state index in [1.165, 1.54) is 21.9 Å². The van der Waals surface area contributed by atoms with E-state index in [2.05, 4.69) is 0 Å². The van der Waals surface area contributed by atoms with Gasteiger partial charge in [-0.15, -0.1) is 4.57 Å². The second-order valence-corrected chi connectivity index (χ2v) is 4.15. The molecule has 0 radical (unpaired) electrons. The van der Waals surface area contributed by atoms with E-state index in [-0.39, 0.29) is 12.1 Å². The summed E-state index contributed by atoms with van der Waals surface area (Å²) in [7, 11) is -6.00. The average molecular weight is 294 g/mol. The predicted octanol–water partition coefficient (Wildman–Crippen LogP) is 1.96. The van der Waals surface area contributed by atoms with E-state index in [1.807, 2.05) is 4.57 Å². The van der Waals surface area contributed by atoms with Crippen LogP contribution in [-0.4, -0.2) is 11.9 Å². The van der Waals surface area contributed by atoms with Gasteiger partial charge in [-0.2, -0.15) is 0 Å². The number of aromatic nitrogens is 3. The highest BCUT2D eigenvalue weighted by atomic mass is 19.5. The molecule has 20 heavy (non-hydrogen) atoms. The summed E-state index contributed by atoms with van der Waals surface area (Å²) in [4.78, 5) is 0. The Bertz CT molecular complexity index is 638. The molecule has 3 rings (SSSR count). The quantitative estimate of drug-likeness (QED) is 0.436. The molecule has 0 saturated heterocycles. The van der Waals surface area contributed by atoms with E-state index in [9.17, 15) is 21.7 Å². The topological polar surface area (TPSA) is 22.9 Å². The van der Waals surface area contributed by atoms with Gasteiger partial charge in [-0.25, -0.2) is 4.39 Å². The summed E-state index contributed by atoms with van der Waals surface area (Å²) in [6.07, 6.45) is 2.05.